The zero-order chi connectivity index (χ0) is 20.2. The van der Waals surface area contributed by atoms with Gasteiger partial charge < -0.3 is 16.0 Å². The van der Waals surface area contributed by atoms with Crippen LogP contribution < -0.4 is 16.0 Å². The van der Waals surface area contributed by atoms with Crippen LogP contribution in [0.25, 0.3) is 0 Å². The Morgan fingerprint density at radius 3 is 2.62 bits per heavy atom. The first-order chi connectivity index (χ1) is 14.0. The Morgan fingerprint density at radius 2 is 2.03 bits per heavy atom. The number of hydrogen-bond donors (Lipinski definition) is 2. The minimum Gasteiger partial charge on any atom is -0.361 e. The molecule has 1 aliphatic carbocycles. The van der Waals surface area contributed by atoms with Gasteiger partial charge in [-0.1, -0.05) is 18.6 Å². The summed E-state index contributed by atoms with van der Waals surface area (Å²) in [5, 5.41) is 4.44. The van der Waals surface area contributed by atoms with Gasteiger partial charge in [-0.05, 0) is 43.9 Å². The molecule has 3 N–H and O–H groups in total. The van der Waals surface area contributed by atoms with E-state index in [0.29, 0.717) is 18.7 Å². The second-order valence-electron chi connectivity index (χ2n) is 8.36. The first kappa shape index (κ1) is 18.6. The van der Waals surface area contributed by atoms with Crippen LogP contribution in [0.2, 0.25) is 0 Å². The quantitative estimate of drug-likeness (QED) is 0.738. The third-order valence-corrected chi connectivity index (χ3v) is 7.47. The molecule has 152 valence electrons. The molecule has 7 nitrogen and oxygen atoms in total. The number of hydrogen-bond acceptors (Lipinski definition) is 6. The molecular weight excluding hydrogens is 386 g/mol. The molecule has 3 aliphatic rings. The second kappa shape index (κ2) is 6.81. The Balaban J connectivity index is 1.34. The fourth-order valence-electron chi connectivity index (χ4n) is 4.76. The van der Waals surface area contributed by atoms with Gasteiger partial charge in [0.2, 0.25) is 0 Å². The Hall–Kier alpha value is -2.45. The van der Waals surface area contributed by atoms with Gasteiger partial charge in [0, 0.05) is 35.6 Å². The third kappa shape index (κ3) is 2.93. The molecule has 1 aromatic carbocycles. The number of rotatable bonds is 5. The van der Waals surface area contributed by atoms with Crippen molar-refractivity contribution in [2.24, 2.45) is 5.73 Å². The van der Waals surface area contributed by atoms with Crippen molar-refractivity contribution in [2.75, 3.05) is 23.3 Å². The largest absolute Gasteiger partial charge is 0.361 e. The van der Waals surface area contributed by atoms with E-state index in [9.17, 15) is 9.59 Å². The van der Waals surface area contributed by atoms with Gasteiger partial charge in [-0.3, -0.25) is 4.79 Å². The molecule has 0 bridgehead atoms. The van der Waals surface area contributed by atoms with Gasteiger partial charge in [0.15, 0.2) is 5.13 Å². The lowest BCUT2D eigenvalue weighted by Gasteiger charge is -2.42. The topological polar surface area (TPSA) is 91.6 Å². The molecule has 29 heavy (non-hydrogen) atoms. The lowest BCUT2D eigenvalue weighted by molar-refractivity contribution is -0.119. The first-order valence-electron chi connectivity index (χ1n) is 10.2. The number of aryl methyl sites for hydroxylation is 1. The van der Waals surface area contributed by atoms with Crippen molar-refractivity contribution in [1.82, 2.24) is 9.88 Å². The van der Waals surface area contributed by atoms with Crippen molar-refractivity contribution in [2.45, 2.75) is 50.1 Å². The number of imide groups is 1. The maximum absolute atomic E-state index is 12.8. The van der Waals surface area contributed by atoms with Crippen LogP contribution in [0.5, 0.6) is 0 Å². The summed E-state index contributed by atoms with van der Waals surface area (Å²) in [4.78, 5) is 34.0. The summed E-state index contributed by atoms with van der Waals surface area (Å²) in [5.74, 6) is -0.202. The SMILES string of the molecule is Cc1cnc(NCC2(c3ccc(N4C(=O)[C@@H]5[C@H](N)CCN5C4=O)cc3)CCC2)s1. The van der Waals surface area contributed by atoms with E-state index in [1.54, 1.807) is 16.2 Å². The van der Waals surface area contributed by atoms with E-state index in [1.165, 1.54) is 21.8 Å². The number of urea groups is 1. The Bertz CT molecular complexity index is 952. The van der Waals surface area contributed by atoms with Crippen LogP contribution in [-0.4, -0.2) is 47.0 Å². The molecule has 2 aliphatic heterocycles. The number of carbonyl (C=O) groups is 2. The highest BCUT2D eigenvalue weighted by Crippen LogP contribution is 2.44. The molecule has 0 unspecified atom stereocenters. The van der Waals surface area contributed by atoms with E-state index in [1.807, 2.05) is 18.3 Å². The maximum Gasteiger partial charge on any atom is 0.332 e. The molecule has 1 saturated carbocycles. The number of carbonyl (C=O) groups excluding carboxylic acids is 2. The average Bonchev–Trinajstić information content (AvgIpc) is 3.33. The number of nitrogens with one attached hydrogen (secondary N) is 1. The molecule has 0 spiro atoms. The molecular formula is C21H25N5O2S. The molecule has 2 saturated heterocycles. The Kier molecular flexibility index (Phi) is 4.36. The van der Waals surface area contributed by atoms with Crippen molar-refractivity contribution >= 4 is 34.1 Å². The molecule has 3 fully saturated rings. The van der Waals surface area contributed by atoms with E-state index >= 15 is 0 Å². The average molecular weight is 412 g/mol. The van der Waals surface area contributed by atoms with Crippen molar-refractivity contribution in [3.8, 4) is 0 Å². The molecule has 5 rings (SSSR count). The molecule has 1 aromatic heterocycles. The second-order valence-corrected chi connectivity index (χ2v) is 9.59. The normalized spacial score (nSPS) is 25.3. The summed E-state index contributed by atoms with van der Waals surface area (Å²) >= 11 is 1.67. The highest BCUT2D eigenvalue weighted by molar-refractivity contribution is 7.15. The zero-order valence-electron chi connectivity index (χ0n) is 16.4. The number of aromatic nitrogens is 1. The number of amides is 3. The minimum absolute atomic E-state index is 0.0828. The van der Waals surface area contributed by atoms with Gasteiger partial charge in [0.05, 0.1) is 5.69 Å². The molecule has 3 amide bonds. The molecule has 2 atom stereocenters. The van der Waals surface area contributed by atoms with Gasteiger partial charge >= 0.3 is 6.03 Å². The van der Waals surface area contributed by atoms with Crippen molar-refractivity contribution in [3.63, 3.8) is 0 Å². The summed E-state index contributed by atoms with van der Waals surface area (Å²) in [6.45, 7) is 3.45. The standard InChI is InChI=1S/C21H25N5O2S/c1-13-11-23-19(29-13)24-12-21(8-2-9-21)14-3-5-15(6-4-14)26-18(27)17-16(22)7-10-25(17)20(26)28/h3-6,11,16-17H,2,7-10,12,22H2,1H3,(H,23,24)/t16-,17+/m1/s1. The van der Waals surface area contributed by atoms with Crippen molar-refractivity contribution in [3.05, 3.63) is 40.9 Å². The smallest absolute Gasteiger partial charge is 0.332 e. The fourth-order valence-corrected chi connectivity index (χ4v) is 5.42. The van der Waals surface area contributed by atoms with Crippen LogP contribution in [0, 0.1) is 6.92 Å². The summed E-state index contributed by atoms with van der Waals surface area (Å²) in [5.41, 5.74) is 8.00. The Labute approximate surface area is 173 Å². The number of thiazole rings is 1. The van der Waals surface area contributed by atoms with E-state index in [-0.39, 0.29) is 23.4 Å². The summed E-state index contributed by atoms with van der Waals surface area (Å²) in [6.07, 6.45) is 6.02. The van der Waals surface area contributed by atoms with E-state index in [4.69, 9.17) is 5.73 Å². The summed E-state index contributed by atoms with van der Waals surface area (Å²) in [6, 6.07) is 6.89. The predicted molar refractivity (Wildman–Crippen MR) is 113 cm³/mol. The highest BCUT2D eigenvalue weighted by atomic mass is 32.1. The maximum atomic E-state index is 12.8. The van der Waals surface area contributed by atoms with Gasteiger partial charge in [-0.15, -0.1) is 11.3 Å². The van der Waals surface area contributed by atoms with E-state index < -0.39 is 6.04 Å². The van der Waals surface area contributed by atoms with Crippen LogP contribution in [-0.2, 0) is 10.2 Å². The molecule has 8 heteroatoms. The fraction of sp³-hybridized carbons (Fsp3) is 0.476. The first-order valence-corrected chi connectivity index (χ1v) is 11.0. The zero-order valence-corrected chi connectivity index (χ0v) is 17.2. The Morgan fingerprint density at radius 1 is 1.28 bits per heavy atom. The minimum atomic E-state index is -0.508. The van der Waals surface area contributed by atoms with Crippen LogP contribution >= 0.6 is 11.3 Å². The predicted octanol–water partition coefficient (Wildman–Crippen LogP) is 2.85. The highest BCUT2D eigenvalue weighted by Gasteiger charge is 2.51. The van der Waals surface area contributed by atoms with Crippen LogP contribution in [0.3, 0.4) is 0 Å². The lowest BCUT2D eigenvalue weighted by Crippen LogP contribution is -2.41. The number of benzene rings is 1. The lowest BCUT2D eigenvalue weighted by atomic mass is 9.64. The number of anilines is 2. The molecule has 3 heterocycles. The molecule has 0 radical (unpaired) electrons. The number of fused-ring (bicyclic) bond motifs is 1. The monoisotopic (exact) mass is 411 g/mol. The number of nitrogens with two attached hydrogens (primary N) is 1. The summed E-state index contributed by atoms with van der Waals surface area (Å²) in [7, 11) is 0. The van der Waals surface area contributed by atoms with E-state index in [2.05, 4.69) is 29.4 Å². The van der Waals surface area contributed by atoms with Gasteiger partial charge in [0.25, 0.3) is 5.91 Å². The van der Waals surface area contributed by atoms with Crippen LogP contribution in [0.1, 0.15) is 36.1 Å². The molecule has 2 aromatic rings. The van der Waals surface area contributed by atoms with E-state index in [0.717, 1.165) is 24.5 Å². The van der Waals surface area contributed by atoms with Gasteiger partial charge in [-0.25, -0.2) is 14.7 Å². The van der Waals surface area contributed by atoms with Crippen LogP contribution in [0.15, 0.2) is 30.5 Å². The van der Waals surface area contributed by atoms with Crippen LogP contribution in [0.4, 0.5) is 15.6 Å². The summed E-state index contributed by atoms with van der Waals surface area (Å²) < 4.78 is 0. The third-order valence-electron chi connectivity index (χ3n) is 6.60. The van der Waals surface area contributed by atoms with Gasteiger partial charge in [0.1, 0.15) is 6.04 Å². The number of nitrogens with zero attached hydrogens (tertiary/aromatic N) is 3. The van der Waals surface area contributed by atoms with Crippen molar-refractivity contribution < 1.29 is 9.59 Å². The van der Waals surface area contributed by atoms with Gasteiger partial charge in [-0.2, -0.15) is 0 Å². The van der Waals surface area contributed by atoms with Crippen molar-refractivity contribution in [1.29, 1.82) is 0 Å².